The van der Waals surface area contributed by atoms with Gasteiger partial charge in [-0.2, -0.15) is 4.68 Å². The topological polar surface area (TPSA) is 55.6 Å². The molecule has 5 heteroatoms. The molecule has 0 amide bonds. The molecule has 1 aromatic carbocycles. The summed E-state index contributed by atoms with van der Waals surface area (Å²) in [6.07, 6.45) is 3.90. The molecule has 0 aliphatic heterocycles. The van der Waals surface area contributed by atoms with E-state index in [0.29, 0.717) is 11.4 Å². The third-order valence-corrected chi connectivity index (χ3v) is 3.70. The standard InChI is InChI=1S/C13H17N5/c1-13(8-5-9-13)10-14-12-15-16-17-18(12)11-6-3-2-4-7-11/h2-4,6-7H,5,8-10H2,1H3,(H,14,15,17). The van der Waals surface area contributed by atoms with Crippen LogP contribution in [0.5, 0.6) is 0 Å². The Kier molecular flexibility index (Phi) is 2.74. The Morgan fingerprint density at radius 1 is 1.28 bits per heavy atom. The quantitative estimate of drug-likeness (QED) is 0.895. The van der Waals surface area contributed by atoms with Crippen LogP contribution in [-0.2, 0) is 0 Å². The van der Waals surface area contributed by atoms with E-state index in [1.165, 1.54) is 19.3 Å². The third-order valence-electron chi connectivity index (χ3n) is 3.70. The highest BCUT2D eigenvalue weighted by molar-refractivity contribution is 5.38. The van der Waals surface area contributed by atoms with Gasteiger partial charge in [-0.25, -0.2) is 0 Å². The van der Waals surface area contributed by atoms with Gasteiger partial charge in [-0.3, -0.25) is 0 Å². The molecule has 1 fully saturated rings. The molecule has 2 aromatic rings. The Morgan fingerprint density at radius 2 is 2.06 bits per heavy atom. The van der Waals surface area contributed by atoms with Crippen LogP contribution in [0, 0.1) is 5.41 Å². The van der Waals surface area contributed by atoms with Crippen LogP contribution in [0.15, 0.2) is 30.3 Å². The molecule has 3 rings (SSSR count). The molecule has 1 N–H and O–H groups in total. The lowest BCUT2D eigenvalue weighted by Gasteiger charge is -2.38. The number of benzene rings is 1. The molecule has 1 aliphatic carbocycles. The van der Waals surface area contributed by atoms with Crippen LogP contribution in [-0.4, -0.2) is 26.8 Å². The van der Waals surface area contributed by atoms with Gasteiger partial charge in [-0.05, 0) is 40.8 Å². The Labute approximate surface area is 106 Å². The Morgan fingerprint density at radius 3 is 2.72 bits per heavy atom. The maximum absolute atomic E-state index is 4.04. The first-order valence-electron chi connectivity index (χ1n) is 6.35. The van der Waals surface area contributed by atoms with E-state index in [0.717, 1.165) is 12.2 Å². The van der Waals surface area contributed by atoms with Crippen LogP contribution < -0.4 is 5.32 Å². The number of anilines is 1. The molecule has 1 heterocycles. The highest BCUT2D eigenvalue weighted by Crippen LogP contribution is 2.40. The molecular weight excluding hydrogens is 226 g/mol. The number of rotatable bonds is 4. The number of nitrogens with zero attached hydrogens (tertiary/aromatic N) is 4. The molecule has 0 unspecified atom stereocenters. The molecule has 0 bridgehead atoms. The zero-order chi connectivity index (χ0) is 12.4. The van der Waals surface area contributed by atoms with E-state index in [1.807, 2.05) is 30.3 Å². The van der Waals surface area contributed by atoms with E-state index in [1.54, 1.807) is 4.68 Å². The molecule has 1 aromatic heterocycles. The van der Waals surface area contributed by atoms with Crippen LogP contribution in [0.1, 0.15) is 26.2 Å². The van der Waals surface area contributed by atoms with Crippen LogP contribution in [0.3, 0.4) is 0 Å². The maximum atomic E-state index is 4.04. The van der Waals surface area contributed by atoms with Crippen LogP contribution in [0.2, 0.25) is 0 Å². The lowest BCUT2D eigenvalue weighted by molar-refractivity contribution is 0.179. The van der Waals surface area contributed by atoms with Crippen LogP contribution in [0.4, 0.5) is 5.95 Å². The molecule has 1 saturated carbocycles. The second-order valence-electron chi connectivity index (χ2n) is 5.27. The van der Waals surface area contributed by atoms with Crippen molar-refractivity contribution in [3.63, 3.8) is 0 Å². The van der Waals surface area contributed by atoms with Crippen molar-refractivity contribution in [2.45, 2.75) is 26.2 Å². The lowest BCUT2D eigenvalue weighted by atomic mass is 9.70. The summed E-state index contributed by atoms with van der Waals surface area (Å²) in [4.78, 5) is 0. The van der Waals surface area contributed by atoms with Gasteiger partial charge in [-0.1, -0.05) is 36.6 Å². The fraction of sp³-hybridized carbons (Fsp3) is 0.462. The highest BCUT2D eigenvalue weighted by Gasteiger charge is 2.31. The summed E-state index contributed by atoms with van der Waals surface area (Å²) in [6.45, 7) is 3.24. The normalized spacial score (nSPS) is 17.2. The van der Waals surface area contributed by atoms with E-state index >= 15 is 0 Å². The van der Waals surface area contributed by atoms with Gasteiger partial charge in [0.05, 0.1) is 5.69 Å². The van der Waals surface area contributed by atoms with E-state index in [4.69, 9.17) is 0 Å². The van der Waals surface area contributed by atoms with Crippen molar-refractivity contribution in [3.05, 3.63) is 30.3 Å². The van der Waals surface area contributed by atoms with E-state index < -0.39 is 0 Å². The Hall–Kier alpha value is -1.91. The number of aromatic nitrogens is 4. The fourth-order valence-corrected chi connectivity index (χ4v) is 2.29. The SMILES string of the molecule is CC1(CNc2nnnn2-c2ccccc2)CCC1. The largest absolute Gasteiger partial charge is 0.352 e. The lowest BCUT2D eigenvalue weighted by Crippen LogP contribution is -2.33. The second-order valence-corrected chi connectivity index (χ2v) is 5.27. The number of hydrogen-bond acceptors (Lipinski definition) is 4. The molecule has 1 aliphatic rings. The summed E-state index contributed by atoms with van der Waals surface area (Å²) in [5.74, 6) is 0.717. The molecular formula is C13H17N5. The molecule has 0 saturated heterocycles. The number of nitrogens with one attached hydrogen (secondary N) is 1. The summed E-state index contributed by atoms with van der Waals surface area (Å²) < 4.78 is 1.74. The van der Waals surface area contributed by atoms with Gasteiger partial charge in [0.2, 0.25) is 5.95 Å². The van der Waals surface area contributed by atoms with Gasteiger partial charge in [-0.15, -0.1) is 0 Å². The Balaban J connectivity index is 1.75. The molecule has 94 valence electrons. The van der Waals surface area contributed by atoms with Gasteiger partial charge < -0.3 is 5.32 Å². The summed E-state index contributed by atoms with van der Waals surface area (Å²) in [7, 11) is 0. The predicted octanol–water partition coefficient (Wildman–Crippen LogP) is 2.26. The van der Waals surface area contributed by atoms with Crippen LogP contribution >= 0.6 is 0 Å². The van der Waals surface area contributed by atoms with E-state index in [-0.39, 0.29) is 0 Å². The molecule has 18 heavy (non-hydrogen) atoms. The first-order chi connectivity index (χ1) is 8.77. The van der Waals surface area contributed by atoms with Gasteiger partial charge in [0.1, 0.15) is 0 Å². The van der Waals surface area contributed by atoms with Gasteiger partial charge >= 0.3 is 0 Å². The van der Waals surface area contributed by atoms with Crippen molar-refractivity contribution >= 4 is 5.95 Å². The van der Waals surface area contributed by atoms with Crippen molar-refractivity contribution in [2.75, 3.05) is 11.9 Å². The predicted molar refractivity (Wildman–Crippen MR) is 69.6 cm³/mol. The van der Waals surface area contributed by atoms with Crippen molar-refractivity contribution in [1.82, 2.24) is 20.2 Å². The summed E-state index contributed by atoms with van der Waals surface area (Å²) in [6, 6.07) is 9.93. The smallest absolute Gasteiger partial charge is 0.247 e. The summed E-state index contributed by atoms with van der Waals surface area (Å²) >= 11 is 0. The average molecular weight is 243 g/mol. The first-order valence-corrected chi connectivity index (χ1v) is 6.35. The monoisotopic (exact) mass is 243 g/mol. The fourth-order valence-electron chi connectivity index (χ4n) is 2.29. The van der Waals surface area contributed by atoms with Crippen molar-refractivity contribution in [3.8, 4) is 5.69 Å². The van der Waals surface area contributed by atoms with Crippen LogP contribution in [0.25, 0.3) is 5.69 Å². The second kappa shape index (κ2) is 4.40. The zero-order valence-corrected chi connectivity index (χ0v) is 10.5. The van der Waals surface area contributed by atoms with Gasteiger partial charge in [0.15, 0.2) is 0 Å². The molecule has 5 nitrogen and oxygen atoms in total. The van der Waals surface area contributed by atoms with E-state index in [2.05, 4.69) is 27.8 Å². The summed E-state index contributed by atoms with van der Waals surface area (Å²) in [5, 5.41) is 15.2. The number of tetrazole rings is 1. The summed E-state index contributed by atoms with van der Waals surface area (Å²) in [5.41, 5.74) is 1.39. The highest BCUT2D eigenvalue weighted by atomic mass is 15.6. The average Bonchev–Trinajstić information content (AvgIpc) is 2.83. The van der Waals surface area contributed by atoms with Crippen molar-refractivity contribution in [1.29, 1.82) is 0 Å². The van der Waals surface area contributed by atoms with E-state index in [9.17, 15) is 0 Å². The maximum Gasteiger partial charge on any atom is 0.247 e. The number of para-hydroxylation sites is 1. The minimum Gasteiger partial charge on any atom is -0.352 e. The van der Waals surface area contributed by atoms with Crippen molar-refractivity contribution < 1.29 is 0 Å². The number of hydrogen-bond donors (Lipinski definition) is 1. The minimum absolute atomic E-state index is 0.410. The van der Waals surface area contributed by atoms with Gasteiger partial charge in [0, 0.05) is 6.54 Å². The molecule has 0 atom stereocenters. The van der Waals surface area contributed by atoms with Gasteiger partial charge in [0.25, 0.3) is 0 Å². The molecule has 0 spiro atoms. The molecule has 0 radical (unpaired) electrons. The first kappa shape index (κ1) is 11.2. The Bertz CT molecular complexity index is 515. The third kappa shape index (κ3) is 2.08. The van der Waals surface area contributed by atoms with Crippen molar-refractivity contribution in [2.24, 2.45) is 5.41 Å². The zero-order valence-electron chi connectivity index (χ0n) is 10.5. The minimum atomic E-state index is 0.410.